The third-order valence-electron chi connectivity index (χ3n) is 2.65. The Morgan fingerprint density at radius 1 is 1.00 bits per heavy atom. The van der Waals surface area contributed by atoms with Gasteiger partial charge in [-0.05, 0) is 12.8 Å². The molecule has 0 heterocycles. The summed E-state index contributed by atoms with van der Waals surface area (Å²) in [5, 5.41) is 0. The van der Waals surface area contributed by atoms with Crippen LogP contribution in [0.4, 0.5) is 0 Å². The summed E-state index contributed by atoms with van der Waals surface area (Å²) in [6, 6.07) is 0. The number of quaternary nitrogens is 1. The third kappa shape index (κ3) is 7.61. The summed E-state index contributed by atoms with van der Waals surface area (Å²) in [7, 11) is 8.47. The van der Waals surface area contributed by atoms with Gasteiger partial charge in [0.1, 0.15) is 0 Å². The number of hydrogen-bond donors (Lipinski definition) is 0. The van der Waals surface area contributed by atoms with E-state index in [0.717, 1.165) is 17.6 Å². The molecule has 0 amide bonds. The molecule has 0 aliphatic rings. The second-order valence-corrected chi connectivity index (χ2v) is 5.23. The first-order valence-corrected chi connectivity index (χ1v) is 6.51. The maximum atomic E-state index is 4.48. The lowest BCUT2D eigenvalue weighted by Crippen LogP contribution is -3.00. The Morgan fingerprint density at radius 3 is 1.65 bits per heavy atom. The Hall–Kier alpha value is -0.280. The largest absolute Gasteiger partial charge is 1.00 e. The van der Waals surface area contributed by atoms with Crippen LogP contribution in [0.3, 0.4) is 0 Å². The molecule has 4 heteroatoms. The molecule has 17 heavy (non-hydrogen) atoms. The number of rotatable bonds is 6. The highest BCUT2D eigenvalue weighted by Crippen LogP contribution is 2.06. The van der Waals surface area contributed by atoms with Gasteiger partial charge in [0.25, 0.3) is 5.96 Å². The molecule has 0 aromatic rings. The molecule has 0 saturated carbocycles. The van der Waals surface area contributed by atoms with Crippen LogP contribution in [-0.2, 0) is 0 Å². The maximum Gasteiger partial charge on any atom is 0.299 e. The molecule has 0 radical (unpaired) electrons. The highest BCUT2D eigenvalue weighted by atomic mass is 35.5. The Labute approximate surface area is 114 Å². The van der Waals surface area contributed by atoms with Gasteiger partial charge in [0, 0.05) is 20.1 Å². The molecule has 0 aromatic heterocycles. The first-order valence-electron chi connectivity index (χ1n) is 6.51. The first kappa shape index (κ1) is 19.1. The first-order chi connectivity index (χ1) is 7.47. The molecule has 0 aliphatic carbocycles. The molecule has 0 bridgehead atoms. The van der Waals surface area contributed by atoms with Crippen LogP contribution in [0, 0.1) is 0 Å². The smallest absolute Gasteiger partial charge is 0.299 e. The van der Waals surface area contributed by atoms with E-state index in [-0.39, 0.29) is 12.4 Å². The van der Waals surface area contributed by atoms with Crippen molar-refractivity contribution in [3.05, 3.63) is 0 Å². The van der Waals surface area contributed by atoms with Crippen LogP contribution in [0.15, 0.2) is 4.99 Å². The van der Waals surface area contributed by atoms with Crippen molar-refractivity contribution in [3.63, 3.8) is 0 Å². The van der Waals surface area contributed by atoms with Gasteiger partial charge in [0.2, 0.25) is 0 Å². The molecular weight excluding hydrogens is 234 g/mol. The number of hydrogen-bond acceptors (Lipinski definition) is 1. The van der Waals surface area contributed by atoms with E-state index in [1.165, 1.54) is 31.6 Å². The van der Waals surface area contributed by atoms with Crippen molar-refractivity contribution in [3.8, 4) is 0 Å². The topological polar surface area (TPSA) is 15.6 Å². The van der Waals surface area contributed by atoms with E-state index in [4.69, 9.17) is 0 Å². The zero-order chi connectivity index (χ0) is 12.6. The lowest BCUT2D eigenvalue weighted by Gasteiger charge is -2.33. The molecular formula is C13H30ClN3. The molecule has 0 atom stereocenters. The maximum absolute atomic E-state index is 4.48. The minimum absolute atomic E-state index is 0. The van der Waals surface area contributed by atoms with Gasteiger partial charge in [-0.1, -0.05) is 26.7 Å². The van der Waals surface area contributed by atoms with Gasteiger partial charge in [0.05, 0.1) is 21.1 Å². The molecule has 104 valence electrons. The highest BCUT2D eigenvalue weighted by Gasteiger charge is 2.23. The molecule has 0 aliphatic heterocycles. The summed E-state index contributed by atoms with van der Waals surface area (Å²) < 4.78 is 0.809. The lowest BCUT2D eigenvalue weighted by atomic mass is 10.2. The monoisotopic (exact) mass is 263 g/mol. The van der Waals surface area contributed by atoms with Crippen LogP contribution in [-0.4, -0.2) is 56.6 Å². The van der Waals surface area contributed by atoms with E-state index in [0.29, 0.717) is 0 Å². The summed E-state index contributed by atoms with van der Waals surface area (Å²) in [4.78, 5) is 6.93. The molecule has 0 rings (SSSR count). The SMILES string of the molecule is CCCCN(CCCC)C(=NC)[N+](C)(C)C.[Cl-]. The Morgan fingerprint density at radius 2 is 1.41 bits per heavy atom. The zero-order valence-electron chi connectivity index (χ0n) is 12.5. The predicted octanol–water partition coefficient (Wildman–Crippen LogP) is -0.415. The Bertz CT molecular complexity index is 201. The van der Waals surface area contributed by atoms with E-state index in [1.54, 1.807) is 0 Å². The lowest BCUT2D eigenvalue weighted by molar-refractivity contribution is -0.783. The van der Waals surface area contributed by atoms with Crippen LogP contribution >= 0.6 is 0 Å². The zero-order valence-corrected chi connectivity index (χ0v) is 13.2. The fourth-order valence-corrected chi connectivity index (χ4v) is 1.88. The summed E-state index contributed by atoms with van der Waals surface area (Å²) in [5.41, 5.74) is 0. The second-order valence-electron chi connectivity index (χ2n) is 5.23. The predicted molar refractivity (Wildman–Crippen MR) is 72.8 cm³/mol. The van der Waals surface area contributed by atoms with Gasteiger partial charge in [-0.25, -0.2) is 4.99 Å². The van der Waals surface area contributed by atoms with Crippen molar-refractivity contribution >= 4 is 5.96 Å². The van der Waals surface area contributed by atoms with Crippen molar-refractivity contribution in [2.24, 2.45) is 4.99 Å². The van der Waals surface area contributed by atoms with Crippen LogP contribution < -0.4 is 12.4 Å². The van der Waals surface area contributed by atoms with E-state index >= 15 is 0 Å². The summed E-state index contributed by atoms with van der Waals surface area (Å²) in [6.07, 6.45) is 5.00. The molecule has 0 unspecified atom stereocenters. The number of guanidine groups is 1. The van der Waals surface area contributed by atoms with Crippen molar-refractivity contribution < 1.29 is 16.9 Å². The summed E-state index contributed by atoms with van der Waals surface area (Å²) in [5.74, 6) is 1.20. The number of aliphatic imine (C=N–C) groups is 1. The van der Waals surface area contributed by atoms with Gasteiger partial charge >= 0.3 is 0 Å². The minimum Gasteiger partial charge on any atom is -1.00 e. The van der Waals surface area contributed by atoms with E-state index in [9.17, 15) is 0 Å². The quantitative estimate of drug-likeness (QED) is 0.361. The van der Waals surface area contributed by atoms with Crippen molar-refractivity contribution in [1.29, 1.82) is 0 Å². The molecule has 0 aromatic carbocycles. The van der Waals surface area contributed by atoms with Gasteiger partial charge in [-0.3, -0.25) is 4.48 Å². The third-order valence-corrected chi connectivity index (χ3v) is 2.65. The Kier molecular flexibility index (Phi) is 10.9. The molecule has 0 spiro atoms. The average Bonchev–Trinajstić information content (AvgIpc) is 2.20. The van der Waals surface area contributed by atoms with Gasteiger partial charge in [-0.2, -0.15) is 0 Å². The molecule has 0 N–H and O–H groups in total. The summed E-state index contributed by atoms with van der Waals surface area (Å²) >= 11 is 0. The molecule has 0 fully saturated rings. The van der Waals surface area contributed by atoms with Crippen molar-refractivity contribution in [2.45, 2.75) is 39.5 Å². The number of nitrogens with zero attached hydrogens (tertiary/aromatic N) is 3. The number of halogens is 1. The van der Waals surface area contributed by atoms with E-state index in [2.05, 4.69) is 44.9 Å². The molecule has 0 saturated heterocycles. The summed E-state index contributed by atoms with van der Waals surface area (Å²) in [6.45, 7) is 6.76. The van der Waals surface area contributed by atoms with Crippen LogP contribution in [0.25, 0.3) is 0 Å². The van der Waals surface area contributed by atoms with Crippen LogP contribution in [0.1, 0.15) is 39.5 Å². The fourth-order valence-electron chi connectivity index (χ4n) is 1.88. The standard InChI is InChI=1S/C13H30N3.ClH/c1-7-9-11-15(12-10-8-2)13(14-3)16(4,5)6;/h7-12H2,1-6H3;1H/q+1;/p-1. The number of unbranched alkanes of at least 4 members (excludes halogenated alkanes) is 2. The highest BCUT2D eigenvalue weighted by molar-refractivity contribution is 5.72. The van der Waals surface area contributed by atoms with Gasteiger partial charge in [0.15, 0.2) is 0 Å². The second kappa shape index (κ2) is 9.72. The van der Waals surface area contributed by atoms with Crippen molar-refractivity contribution in [2.75, 3.05) is 41.3 Å². The Balaban J connectivity index is 0. The average molecular weight is 264 g/mol. The minimum atomic E-state index is 0. The van der Waals surface area contributed by atoms with E-state index < -0.39 is 0 Å². The van der Waals surface area contributed by atoms with Gasteiger partial charge < -0.3 is 17.3 Å². The molecule has 3 nitrogen and oxygen atoms in total. The van der Waals surface area contributed by atoms with E-state index in [1.807, 2.05) is 7.05 Å². The van der Waals surface area contributed by atoms with Crippen LogP contribution in [0.5, 0.6) is 0 Å². The normalized spacial score (nSPS) is 12.2. The fraction of sp³-hybridized carbons (Fsp3) is 0.923. The van der Waals surface area contributed by atoms with Crippen LogP contribution in [0.2, 0.25) is 0 Å². The van der Waals surface area contributed by atoms with Gasteiger partial charge in [-0.15, -0.1) is 0 Å². The van der Waals surface area contributed by atoms with Crippen molar-refractivity contribution in [1.82, 2.24) is 4.90 Å².